The molecule has 0 aliphatic rings. The van der Waals surface area contributed by atoms with E-state index in [-0.39, 0.29) is 71.4 Å². The number of hydrogen-bond donors (Lipinski definition) is 32. The maximum absolute atomic E-state index is 10.3. The normalized spacial score (nSPS) is 13.3. The number of carboxylic acids is 12. The molecule has 44 heteroatoms. The van der Waals surface area contributed by atoms with E-state index in [0.29, 0.717) is 32.1 Å². The average Bonchev–Trinajstić information content (AvgIpc) is 0.631. The molecular formula is C68H138O44. The molecule has 0 heterocycles. The predicted octanol–water partition coefficient (Wildman–Crippen LogP) is -2.36. The Labute approximate surface area is 651 Å². The quantitative estimate of drug-likeness (QED) is 0.0306. The molecule has 9 unspecified atom stereocenters. The average molecular weight is 1660 g/mol. The van der Waals surface area contributed by atoms with Crippen LogP contribution in [0, 0.1) is 11.8 Å². The van der Waals surface area contributed by atoms with Crippen molar-refractivity contribution in [2.75, 3.05) is 46.2 Å². The Kier molecular flexibility index (Phi) is 91.5. The third-order valence-corrected chi connectivity index (χ3v) is 12.9. The fourth-order valence-electron chi connectivity index (χ4n) is 5.45. The smallest absolute Gasteiger partial charge is 0.336 e. The summed E-state index contributed by atoms with van der Waals surface area (Å²) >= 11 is 0. The summed E-state index contributed by atoms with van der Waals surface area (Å²) in [6.07, 6.45) is -4.76. The molecule has 9 atom stereocenters. The molecule has 0 aromatic carbocycles. The molecule has 0 radical (unpaired) electrons. The highest BCUT2D eigenvalue weighted by Crippen LogP contribution is 2.22. The van der Waals surface area contributed by atoms with Gasteiger partial charge in [0, 0.05) is 5.92 Å². The lowest BCUT2D eigenvalue weighted by atomic mass is 9.91. The maximum atomic E-state index is 10.3. The zero-order chi connectivity index (χ0) is 92.7. The van der Waals surface area contributed by atoms with Crippen molar-refractivity contribution in [3.05, 3.63) is 0 Å². The van der Waals surface area contributed by atoms with Crippen molar-refractivity contribution in [1.29, 1.82) is 0 Å². The molecule has 0 fully saturated rings. The number of carbonyl (C=O) groups is 12. The van der Waals surface area contributed by atoms with E-state index in [2.05, 4.69) is 0 Å². The highest BCUT2D eigenvalue weighted by molar-refractivity contribution is 5.88. The van der Waals surface area contributed by atoms with E-state index in [9.17, 15) is 67.7 Å². The largest absolute Gasteiger partial charge is 0.481 e. The Morgan fingerprint density at radius 2 is 0.625 bits per heavy atom. The van der Waals surface area contributed by atoms with E-state index in [1.165, 1.54) is 34.6 Å². The Balaban J connectivity index is -0.0000000871. The summed E-state index contributed by atoms with van der Waals surface area (Å²) in [5, 5.41) is 271. The van der Waals surface area contributed by atoms with Gasteiger partial charge in [-0.25, -0.2) is 14.4 Å². The molecule has 0 aliphatic heterocycles. The zero-order valence-electron chi connectivity index (χ0n) is 67.0. The number of rotatable bonds is 39. The first-order chi connectivity index (χ1) is 50.4. The molecule has 0 rings (SSSR count). The highest BCUT2D eigenvalue weighted by atomic mass is 16.4. The van der Waals surface area contributed by atoms with Crippen LogP contribution >= 0.6 is 0 Å². The third kappa shape index (κ3) is 116. The lowest BCUT2D eigenvalue weighted by Gasteiger charge is -2.23. The number of hydrogen-bond acceptors (Lipinski definition) is 32. The topological polar surface area (TPSA) is 852 Å². The molecular weight excluding hydrogens is 1520 g/mol. The summed E-state index contributed by atoms with van der Waals surface area (Å²) in [6.45, 7) is 25.0. The van der Waals surface area contributed by atoms with Crippen molar-refractivity contribution >= 4 is 71.6 Å². The molecule has 44 nitrogen and oxygen atoms in total. The van der Waals surface area contributed by atoms with Crippen LogP contribution in [0.1, 0.15) is 226 Å². The summed E-state index contributed by atoms with van der Waals surface area (Å²) < 4.78 is 0. The second kappa shape index (κ2) is 76.5. The van der Waals surface area contributed by atoms with Crippen LogP contribution in [0.3, 0.4) is 0 Å². The summed E-state index contributed by atoms with van der Waals surface area (Å²) in [5.41, 5.74) is -11.0. The van der Waals surface area contributed by atoms with Crippen LogP contribution in [0.4, 0.5) is 0 Å². The summed E-state index contributed by atoms with van der Waals surface area (Å²) in [4.78, 5) is 121. The molecule has 0 spiro atoms. The molecule has 0 saturated heterocycles. The molecule has 0 aromatic rings. The molecule has 0 bridgehead atoms. The fourth-order valence-corrected chi connectivity index (χ4v) is 5.45. The van der Waals surface area contributed by atoms with Crippen molar-refractivity contribution in [2.45, 2.75) is 302 Å². The standard InChI is InChI=1S/C8H14O5.C7H12O5.C6H8O7.2C6H10O5.C6H14O2.2C5H12O2.C4H8O3.3C4H10O2.C3H8O2/c1-2-3-8(13,4-6(9)10)5-7(11)12;1-2-7(12,3-5(8)9)4-6(10)11;7-3(8)1-6(13,5(11)12)2-4(9)10;1-6(11,2-4(7)8)3-5(9)10;1-3(2-4(7)8)5(9)6(10)11;1-3-5(2)6(8)4-7;1-3-5(2,7)4-6;1-2-3-5(7)4-6;1-4(2,7)3(5)6;1-4(2,6)3-5;2*1-2-4(6)3-5;1-3(5)2-4/h13H,2-5H2,1H3,(H,9,10)(H,11,12);12H,2-4H2,1H3,(H,8,9)(H,10,11);13H,1-2H2,(H,7,8)(H,9,10)(H,11,12);11H,2-3H2,1H3,(H,7,8)(H,9,10);3,5,9H,2H2,1H3,(H,7,8)(H,10,11);5-8H,3-4H2,1-2H3;6-7H,3-4H2,1-2H3;5-7H,2-4H2,1H3;7H,1-2H3,(H,5,6);5-6H,3H2,1-2H3;2*4-6H,2-3H2,1H3;3-5H,2H2,1H3. The van der Waals surface area contributed by atoms with Gasteiger partial charge in [0.25, 0.3) is 0 Å². The maximum Gasteiger partial charge on any atom is 0.336 e. The molecule has 674 valence electrons. The fraction of sp³-hybridized carbons (Fsp3) is 0.824. The molecule has 0 aromatic heterocycles. The van der Waals surface area contributed by atoms with Crippen molar-refractivity contribution in [1.82, 2.24) is 0 Å². The lowest BCUT2D eigenvalue weighted by Crippen LogP contribution is -2.42. The third-order valence-electron chi connectivity index (χ3n) is 12.9. The van der Waals surface area contributed by atoms with E-state index in [4.69, 9.17) is 153 Å². The van der Waals surface area contributed by atoms with Crippen molar-refractivity contribution < 1.29 is 221 Å². The summed E-state index contributed by atoms with van der Waals surface area (Å²) in [6, 6.07) is 0. The number of aliphatic carboxylic acids is 12. The van der Waals surface area contributed by atoms with Gasteiger partial charge in [-0.3, -0.25) is 43.2 Å². The number of carboxylic acid groups (broad SMARTS) is 12. The molecule has 0 aliphatic carbocycles. The number of aliphatic hydroxyl groups is 20. The van der Waals surface area contributed by atoms with Crippen LogP contribution in [0.2, 0.25) is 0 Å². The Morgan fingerprint density at radius 1 is 0.330 bits per heavy atom. The van der Waals surface area contributed by atoms with Crippen LogP contribution in [0.15, 0.2) is 0 Å². The SMILES string of the molecule is CC(C)(O)C(=O)O.CC(C)(O)CO.CC(CC(=O)O)C(O)C(=O)O.CC(O)(CC(=O)O)CC(=O)O.CC(O)CO.CCC(C)(O)CO.CCC(C)C(O)CO.CCC(O)(CC(=O)O)CC(=O)O.CCC(O)CO.CCC(O)CO.CCCC(O)(CC(=O)O)CC(=O)O.CCCC(O)CO.O=C(O)CC(O)(CC(=O)O)C(=O)O. The monoisotopic (exact) mass is 1660 g/mol. The minimum Gasteiger partial charge on any atom is -0.481 e. The van der Waals surface area contributed by atoms with Gasteiger partial charge in [-0.1, -0.05) is 81.6 Å². The van der Waals surface area contributed by atoms with Gasteiger partial charge in [-0.15, -0.1) is 0 Å². The number of aliphatic hydroxyl groups excluding tert-OH is 13. The molecule has 0 saturated carbocycles. The van der Waals surface area contributed by atoms with Gasteiger partial charge < -0.3 is 163 Å². The van der Waals surface area contributed by atoms with Gasteiger partial charge in [0.2, 0.25) is 0 Å². The van der Waals surface area contributed by atoms with E-state index in [1.54, 1.807) is 34.6 Å². The first-order valence-electron chi connectivity index (χ1n) is 34.5. The van der Waals surface area contributed by atoms with Gasteiger partial charge in [0.15, 0.2) is 17.3 Å². The Morgan fingerprint density at radius 3 is 0.750 bits per heavy atom. The van der Waals surface area contributed by atoms with Crippen molar-refractivity contribution in [3.8, 4) is 0 Å². The molecule has 0 amide bonds. The lowest BCUT2D eigenvalue weighted by molar-refractivity contribution is -0.170. The second-order valence-electron chi connectivity index (χ2n) is 26.4. The van der Waals surface area contributed by atoms with Crippen LogP contribution in [-0.2, 0) is 57.5 Å². The van der Waals surface area contributed by atoms with E-state index in [0.717, 1.165) is 12.8 Å². The van der Waals surface area contributed by atoms with Crippen LogP contribution < -0.4 is 0 Å². The van der Waals surface area contributed by atoms with Crippen molar-refractivity contribution in [2.24, 2.45) is 11.8 Å². The highest BCUT2D eigenvalue weighted by Gasteiger charge is 2.41. The van der Waals surface area contributed by atoms with Crippen LogP contribution in [0.5, 0.6) is 0 Å². The van der Waals surface area contributed by atoms with Gasteiger partial charge in [-0.05, 0) is 92.9 Å². The molecule has 112 heavy (non-hydrogen) atoms. The van der Waals surface area contributed by atoms with Gasteiger partial charge in [0.05, 0.1) is 163 Å². The minimum absolute atomic E-state index is 0.103. The first-order valence-corrected chi connectivity index (χ1v) is 34.5. The summed E-state index contributed by atoms with van der Waals surface area (Å²) in [5.74, 6) is -16.4. The van der Waals surface area contributed by atoms with Crippen LogP contribution in [0.25, 0.3) is 0 Å². The van der Waals surface area contributed by atoms with Gasteiger partial charge in [0.1, 0.15) is 0 Å². The van der Waals surface area contributed by atoms with E-state index < -0.39 is 205 Å². The predicted molar refractivity (Wildman–Crippen MR) is 393 cm³/mol. The molecule has 32 N–H and O–H groups in total. The van der Waals surface area contributed by atoms with Crippen molar-refractivity contribution in [3.63, 3.8) is 0 Å². The zero-order valence-corrected chi connectivity index (χ0v) is 67.0. The van der Waals surface area contributed by atoms with Gasteiger partial charge in [-0.2, -0.15) is 0 Å². The van der Waals surface area contributed by atoms with Gasteiger partial charge >= 0.3 is 71.6 Å². The Bertz CT molecular complexity index is 2320. The first kappa shape index (κ1) is 134. The summed E-state index contributed by atoms with van der Waals surface area (Å²) in [7, 11) is 0. The van der Waals surface area contributed by atoms with E-state index >= 15 is 0 Å². The second-order valence-corrected chi connectivity index (χ2v) is 26.4. The minimum atomic E-state index is -2.74. The Hall–Kier alpha value is -7.16. The van der Waals surface area contributed by atoms with E-state index in [1.807, 2.05) is 41.5 Å². The van der Waals surface area contributed by atoms with Crippen LogP contribution in [-0.4, -0.2) is 357 Å².